The van der Waals surface area contributed by atoms with Gasteiger partial charge in [-0.2, -0.15) is 52.7 Å². The first-order chi connectivity index (χ1) is 18.8. The molecule has 0 amide bonds. The van der Waals surface area contributed by atoms with Gasteiger partial charge in [-0.3, -0.25) is 0 Å². The van der Waals surface area contributed by atoms with Gasteiger partial charge in [0.1, 0.15) is 6.04 Å². The van der Waals surface area contributed by atoms with Crippen molar-refractivity contribution in [2.24, 2.45) is 0 Å². The summed E-state index contributed by atoms with van der Waals surface area (Å²) in [4.78, 5) is 0. The molecule has 42 heavy (non-hydrogen) atoms. The molecule has 9 nitrogen and oxygen atoms in total. The monoisotopic (exact) mass is 720 g/mol. The SMILES string of the molecule is CO[Si](CCC(F)(F)F)(OC)O[Si](CC(F)(F)F)(O[Si](CCC(F)(F)F)(OC)OC)O[Si](CCC(F)(F)F)(OC)OC. The Morgan fingerprint density at radius 2 is 0.571 bits per heavy atom. The fraction of sp³-hybridized carbons (Fsp3) is 1.00. The number of hydrogen-bond acceptors (Lipinski definition) is 9. The van der Waals surface area contributed by atoms with Crippen LogP contribution >= 0.6 is 0 Å². The average Bonchev–Trinajstić information content (AvgIpc) is 2.85. The lowest BCUT2D eigenvalue weighted by Gasteiger charge is -2.44. The van der Waals surface area contributed by atoms with E-state index in [-0.39, 0.29) is 0 Å². The number of halogens is 12. The lowest BCUT2D eigenvalue weighted by molar-refractivity contribution is -0.134. The second kappa shape index (κ2) is 15.8. The van der Waals surface area contributed by atoms with E-state index in [9.17, 15) is 52.7 Å². The Morgan fingerprint density at radius 3 is 0.714 bits per heavy atom. The molecule has 0 saturated heterocycles. The van der Waals surface area contributed by atoms with E-state index in [1.54, 1.807) is 0 Å². The molecule has 0 N–H and O–H groups in total. The van der Waals surface area contributed by atoms with Gasteiger partial charge < -0.3 is 38.9 Å². The Balaban J connectivity index is 7.35. The zero-order valence-corrected chi connectivity index (χ0v) is 27.2. The topological polar surface area (TPSA) is 83.1 Å². The standard InChI is InChI=1S/C17H32F12O9Si4/c1-30-39(31-2,10-7-14(18,19)20)36-42(13-17(27,28)29,37-40(32-3,33-4)11-8-15(21,22)23)38-41(34-5,35-6)12-9-16(24,25)26/h7-13H2,1-6H3. The van der Waals surface area contributed by atoms with Crippen LogP contribution in [0.3, 0.4) is 0 Å². The Morgan fingerprint density at radius 1 is 0.357 bits per heavy atom. The van der Waals surface area contributed by atoms with Crippen molar-refractivity contribution >= 4 is 35.2 Å². The lowest BCUT2D eigenvalue weighted by atomic mass is 10.5. The number of hydrogen-bond donors (Lipinski definition) is 0. The van der Waals surface area contributed by atoms with E-state index in [1.165, 1.54) is 0 Å². The minimum absolute atomic E-state index is 0.709. The minimum atomic E-state index is -6.04. The van der Waals surface area contributed by atoms with Gasteiger partial charge in [-0.25, -0.2) is 0 Å². The summed E-state index contributed by atoms with van der Waals surface area (Å²) in [5, 5.41) is 0. The van der Waals surface area contributed by atoms with Crippen LogP contribution in [0.4, 0.5) is 52.7 Å². The maximum Gasteiger partial charge on any atom is 0.493 e. The third-order valence-corrected chi connectivity index (χ3v) is 20.0. The predicted octanol–water partition coefficient (Wildman–Crippen LogP) is 6.09. The van der Waals surface area contributed by atoms with Crippen LogP contribution in [-0.4, -0.2) is 103 Å². The highest BCUT2D eigenvalue weighted by Gasteiger charge is 2.67. The smallest absolute Gasteiger partial charge is 0.377 e. The zero-order valence-electron chi connectivity index (χ0n) is 23.2. The van der Waals surface area contributed by atoms with E-state index in [2.05, 4.69) is 0 Å². The molecular weight excluding hydrogens is 688 g/mol. The van der Waals surface area contributed by atoms with Gasteiger partial charge in [0, 0.05) is 80.1 Å². The Hall–Kier alpha value is -0.332. The number of alkyl halides is 12. The second-order valence-electron chi connectivity index (χ2n) is 8.40. The summed E-state index contributed by atoms with van der Waals surface area (Å²) in [6, 6.07) is -6.14. The highest BCUT2D eigenvalue weighted by Crippen LogP contribution is 2.41. The van der Waals surface area contributed by atoms with E-state index in [0.717, 1.165) is 0 Å². The molecule has 0 spiro atoms. The van der Waals surface area contributed by atoms with Gasteiger partial charge in [-0.05, 0) is 0 Å². The highest BCUT2D eigenvalue weighted by atomic mass is 28.5. The molecule has 0 aromatic carbocycles. The van der Waals surface area contributed by atoms with Crippen molar-refractivity contribution in [2.45, 2.75) is 68.1 Å². The van der Waals surface area contributed by atoms with Gasteiger partial charge in [0.25, 0.3) is 0 Å². The molecule has 0 aromatic rings. The van der Waals surface area contributed by atoms with Gasteiger partial charge in [0.15, 0.2) is 0 Å². The molecule has 0 aliphatic rings. The van der Waals surface area contributed by atoms with Crippen molar-refractivity contribution in [3.63, 3.8) is 0 Å². The van der Waals surface area contributed by atoms with E-state index in [1.807, 2.05) is 0 Å². The molecule has 0 radical (unpaired) electrons. The average molecular weight is 721 g/mol. The highest BCUT2D eigenvalue weighted by molar-refractivity contribution is 6.85. The molecule has 0 atom stereocenters. The van der Waals surface area contributed by atoms with Crippen molar-refractivity contribution in [3.05, 3.63) is 0 Å². The summed E-state index contributed by atoms with van der Waals surface area (Å²) in [7, 11) is -16.8. The van der Waals surface area contributed by atoms with Crippen LogP contribution in [0.5, 0.6) is 0 Å². The van der Waals surface area contributed by atoms with E-state index < -0.39 is 103 Å². The van der Waals surface area contributed by atoms with Crippen LogP contribution < -0.4 is 0 Å². The lowest BCUT2D eigenvalue weighted by Crippen LogP contribution is -2.69. The van der Waals surface area contributed by atoms with Gasteiger partial charge >= 0.3 is 59.9 Å². The van der Waals surface area contributed by atoms with Crippen LogP contribution in [0.2, 0.25) is 24.2 Å². The Bertz CT molecular complexity index is 699. The predicted molar refractivity (Wildman–Crippen MR) is 126 cm³/mol. The molecule has 0 heterocycles. The van der Waals surface area contributed by atoms with Crippen LogP contribution in [0.25, 0.3) is 0 Å². The first-order valence-electron chi connectivity index (χ1n) is 11.5. The van der Waals surface area contributed by atoms with E-state index >= 15 is 0 Å². The third kappa shape index (κ3) is 15.1. The Labute approximate surface area is 238 Å². The fourth-order valence-corrected chi connectivity index (χ4v) is 18.7. The molecule has 25 heteroatoms. The summed E-state index contributed by atoms with van der Waals surface area (Å²) >= 11 is 0. The van der Waals surface area contributed by atoms with Crippen LogP contribution in [0.15, 0.2) is 0 Å². The number of rotatable bonds is 19. The largest absolute Gasteiger partial charge is 0.493 e. The second-order valence-corrected chi connectivity index (χ2v) is 20.6. The van der Waals surface area contributed by atoms with Crippen molar-refractivity contribution < 1.29 is 91.6 Å². The zero-order chi connectivity index (χ0) is 33.3. The van der Waals surface area contributed by atoms with Gasteiger partial charge in [-0.1, -0.05) is 0 Å². The van der Waals surface area contributed by atoms with E-state index in [4.69, 9.17) is 38.9 Å². The molecular formula is C17H32F12O9Si4. The maximum atomic E-state index is 14.1. The van der Waals surface area contributed by atoms with Crippen molar-refractivity contribution in [2.75, 3.05) is 42.7 Å². The van der Waals surface area contributed by atoms with Crippen LogP contribution in [-0.2, 0) is 38.9 Å². The maximum absolute atomic E-state index is 14.1. The summed E-state index contributed by atoms with van der Waals surface area (Å²) in [5.41, 5.74) is 0. The molecule has 0 unspecified atom stereocenters. The van der Waals surface area contributed by atoms with E-state index in [0.29, 0.717) is 42.7 Å². The summed E-state index contributed by atoms with van der Waals surface area (Å²) in [6.07, 6.45) is -25.4. The molecule has 0 rings (SSSR count). The summed E-state index contributed by atoms with van der Waals surface area (Å²) < 4.78 is 206. The fourth-order valence-electron chi connectivity index (χ4n) is 3.28. The Kier molecular flexibility index (Phi) is 15.7. The molecule has 0 aromatic heterocycles. The molecule has 0 aliphatic carbocycles. The first-order valence-corrected chi connectivity index (χ1v) is 19.2. The van der Waals surface area contributed by atoms with Crippen LogP contribution in [0, 0.1) is 0 Å². The van der Waals surface area contributed by atoms with Crippen molar-refractivity contribution in [3.8, 4) is 0 Å². The van der Waals surface area contributed by atoms with Crippen molar-refractivity contribution in [1.82, 2.24) is 0 Å². The quantitative estimate of drug-likeness (QED) is 0.116. The first kappa shape index (κ1) is 41.7. The molecule has 0 fully saturated rings. The summed E-state index contributed by atoms with van der Waals surface area (Å²) in [6.45, 7) is 0. The van der Waals surface area contributed by atoms with Gasteiger partial charge in [-0.15, -0.1) is 0 Å². The third-order valence-electron chi connectivity index (χ3n) is 5.36. The van der Waals surface area contributed by atoms with Crippen molar-refractivity contribution in [1.29, 1.82) is 0 Å². The van der Waals surface area contributed by atoms with Gasteiger partial charge in [0.2, 0.25) is 0 Å². The summed E-state index contributed by atoms with van der Waals surface area (Å²) in [5.74, 6) is 0. The minimum Gasteiger partial charge on any atom is -0.377 e. The molecule has 0 saturated carbocycles. The van der Waals surface area contributed by atoms with Gasteiger partial charge in [0.05, 0.1) is 0 Å². The molecule has 254 valence electrons. The normalized spacial score (nSPS) is 15.0. The molecule has 0 aliphatic heterocycles. The molecule has 0 bridgehead atoms. The van der Waals surface area contributed by atoms with Crippen LogP contribution in [0.1, 0.15) is 19.3 Å².